The Balaban J connectivity index is 1.92. The van der Waals surface area contributed by atoms with E-state index in [-0.39, 0.29) is 6.61 Å². The Bertz CT molecular complexity index is 744. The van der Waals surface area contributed by atoms with Crippen molar-refractivity contribution in [2.24, 2.45) is 0 Å². The first-order chi connectivity index (χ1) is 12.3. The number of hydrogen-bond acceptors (Lipinski definition) is 4. The van der Waals surface area contributed by atoms with Crippen LogP contribution < -0.4 is 10.5 Å². The number of nitrogens with zero attached hydrogens (tertiary/aromatic N) is 1. The van der Waals surface area contributed by atoms with Gasteiger partial charge in [0.05, 0.1) is 6.54 Å². The van der Waals surface area contributed by atoms with Crippen LogP contribution in [-0.2, 0) is 11.3 Å². The van der Waals surface area contributed by atoms with Gasteiger partial charge in [0.2, 0.25) is 0 Å². The third-order valence-corrected chi connectivity index (χ3v) is 3.96. The molecule has 140 valence electrons. The molecular weight excluding hydrogens is 352 g/mol. The Morgan fingerprint density at radius 1 is 1.15 bits per heavy atom. The fourth-order valence-corrected chi connectivity index (χ4v) is 2.60. The van der Waals surface area contributed by atoms with Gasteiger partial charge in [0.25, 0.3) is 0 Å². The SMILES string of the molecule is CC(C)(C)N(CCOc1cccc(Cl)c1)C(=O)OCc1cccc(N)c1. The monoisotopic (exact) mass is 376 g/mol. The van der Waals surface area contributed by atoms with Crippen LogP contribution in [0.5, 0.6) is 5.75 Å². The molecule has 0 atom stereocenters. The van der Waals surface area contributed by atoms with Crippen molar-refractivity contribution < 1.29 is 14.3 Å². The molecule has 0 aliphatic heterocycles. The molecule has 1 amide bonds. The number of halogens is 1. The molecule has 2 aromatic rings. The highest BCUT2D eigenvalue weighted by molar-refractivity contribution is 6.30. The Hall–Kier alpha value is -2.40. The molecule has 0 aromatic heterocycles. The lowest BCUT2D eigenvalue weighted by Gasteiger charge is -2.34. The van der Waals surface area contributed by atoms with Gasteiger partial charge in [-0.3, -0.25) is 4.90 Å². The largest absolute Gasteiger partial charge is 0.492 e. The minimum absolute atomic E-state index is 0.172. The van der Waals surface area contributed by atoms with Gasteiger partial charge in [-0.05, 0) is 56.7 Å². The van der Waals surface area contributed by atoms with Crippen molar-refractivity contribution in [1.82, 2.24) is 4.90 Å². The van der Waals surface area contributed by atoms with Crippen LogP contribution in [0.15, 0.2) is 48.5 Å². The fourth-order valence-electron chi connectivity index (χ4n) is 2.42. The molecule has 0 aliphatic carbocycles. The van der Waals surface area contributed by atoms with Crippen molar-refractivity contribution in [1.29, 1.82) is 0 Å². The van der Waals surface area contributed by atoms with Crippen LogP contribution in [0.2, 0.25) is 5.02 Å². The van der Waals surface area contributed by atoms with E-state index in [2.05, 4.69) is 0 Å². The summed E-state index contributed by atoms with van der Waals surface area (Å²) in [6.45, 7) is 6.76. The highest BCUT2D eigenvalue weighted by atomic mass is 35.5. The molecule has 2 aromatic carbocycles. The summed E-state index contributed by atoms with van der Waals surface area (Å²) < 4.78 is 11.1. The summed E-state index contributed by atoms with van der Waals surface area (Å²) in [5, 5.41) is 0.608. The minimum Gasteiger partial charge on any atom is -0.492 e. The zero-order chi connectivity index (χ0) is 19.2. The molecule has 0 aliphatic rings. The van der Waals surface area contributed by atoms with Gasteiger partial charge in [0.1, 0.15) is 19.0 Å². The number of hydrogen-bond donors (Lipinski definition) is 1. The van der Waals surface area contributed by atoms with E-state index in [1.807, 2.05) is 45.0 Å². The minimum atomic E-state index is -0.398. The molecule has 26 heavy (non-hydrogen) atoms. The average molecular weight is 377 g/mol. The molecule has 6 heteroatoms. The van der Waals surface area contributed by atoms with E-state index in [0.717, 1.165) is 5.56 Å². The van der Waals surface area contributed by atoms with Crippen LogP contribution in [-0.4, -0.2) is 29.7 Å². The second-order valence-corrected chi connectivity index (χ2v) is 7.36. The number of carbonyl (C=O) groups excluding carboxylic acids is 1. The van der Waals surface area contributed by atoms with Gasteiger partial charge in [0.15, 0.2) is 0 Å². The van der Waals surface area contributed by atoms with E-state index in [4.69, 9.17) is 26.8 Å². The van der Waals surface area contributed by atoms with Crippen molar-refractivity contribution in [2.75, 3.05) is 18.9 Å². The predicted molar refractivity (Wildman–Crippen MR) is 104 cm³/mol. The molecular formula is C20H25ClN2O3. The topological polar surface area (TPSA) is 64.8 Å². The van der Waals surface area contributed by atoms with Gasteiger partial charge in [-0.25, -0.2) is 4.79 Å². The normalized spacial score (nSPS) is 11.1. The summed E-state index contributed by atoms with van der Waals surface area (Å²) in [5.41, 5.74) is 6.84. The average Bonchev–Trinajstić information content (AvgIpc) is 2.56. The smallest absolute Gasteiger partial charge is 0.410 e. The zero-order valence-corrected chi connectivity index (χ0v) is 16.1. The molecule has 0 radical (unpaired) electrons. The molecule has 0 fully saturated rings. The number of nitrogen functional groups attached to an aromatic ring is 1. The van der Waals surface area contributed by atoms with Crippen LogP contribution in [0.1, 0.15) is 26.3 Å². The van der Waals surface area contributed by atoms with Gasteiger partial charge in [-0.1, -0.05) is 29.8 Å². The lowest BCUT2D eigenvalue weighted by Crippen LogP contribution is -2.47. The van der Waals surface area contributed by atoms with E-state index in [9.17, 15) is 4.79 Å². The third-order valence-electron chi connectivity index (χ3n) is 3.72. The first kappa shape index (κ1) is 19.9. The molecule has 2 rings (SSSR count). The van der Waals surface area contributed by atoms with Crippen LogP contribution in [0.3, 0.4) is 0 Å². The third kappa shape index (κ3) is 6.15. The molecule has 0 bridgehead atoms. The van der Waals surface area contributed by atoms with Gasteiger partial charge >= 0.3 is 6.09 Å². The van der Waals surface area contributed by atoms with Crippen LogP contribution in [0.4, 0.5) is 10.5 Å². The van der Waals surface area contributed by atoms with Crippen molar-refractivity contribution in [2.45, 2.75) is 32.9 Å². The van der Waals surface area contributed by atoms with Crippen LogP contribution in [0, 0.1) is 0 Å². The maximum Gasteiger partial charge on any atom is 0.410 e. The highest BCUT2D eigenvalue weighted by Gasteiger charge is 2.27. The number of amides is 1. The molecule has 0 unspecified atom stereocenters. The molecule has 0 heterocycles. The Morgan fingerprint density at radius 2 is 1.88 bits per heavy atom. The Labute approximate surface area is 159 Å². The quantitative estimate of drug-likeness (QED) is 0.739. The summed E-state index contributed by atoms with van der Waals surface area (Å²) in [4.78, 5) is 14.2. The van der Waals surface area contributed by atoms with Crippen molar-refractivity contribution in [3.63, 3.8) is 0 Å². The first-order valence-corrected chi connectivity index (χ1v) is 8.81. The van der Waals surface area contributed by atoms with Crippen molar-refractivity contribution in [3.8, 4) is 5.75 Å². The van der Waals surface area contributed by atoms with Gasteiger partial charge < -0.3 is 15.2 Å². The lowest BCUT2D eigenvalue weighted by atomic mass is 10.1. The van der Waals surface area contributed by atoms with Crippen molar-refractivity contribution in [3.05, 3.63) is 59.1 Å². The van der Waals surface area contributed by atoms with E-state index in [1.165, 1.54) is 0 Å². The number of benzene rings is 2. The maximum absolute atomic E-state index is 12.5. The molecule has 2 N–H and O–H groups in total. The van der Waals surface area contributed by atoms with E-state index >= 15 is 0 Å². The predicted octanol–water partition coefficient (Wildman–Crippen LogP) is 4.74. The summed E-state index contributed by atoms with van der Waals surface area (Å²) >= 11 is 5.95. The first-order valence-electron chi connectivity index (χ1n) is 8.43. The maximum atomic E-state index is 12.5. The summed E-state index contributed by atoms with van der Waals surface area (Å²) in [6.07, 6.45) is -0.394. The summed E-state index contributed by atoms with van der Waals surface area (Å²) in [7, 11) is 0. The van der Waals surface area contributed by atoms with Crippen molar-refractivity contribution >= 4 is 23.4 Å². The summed E-state index contributed by atoms with van der Waals surface area (Å²) in [5.74, 6) is 0.666. The Morgan fingerprint density at radius 3 is 2.54 bits per heavy atom. The molecule has 0 spiro atoms. The number of nitrogens with two attached hydrogens (primary N) is 1. The molecule has 5 nitrogen and oxygen atoms in total. The second-order valence-electron chi connectivity index (χ2n) is 6.93. The Kier molecular flexibility index (Phi) is 6.75. The van der Waals surface area contributed by atoms with E-state index in [0.29, 0.717) is 29.6 Å². The number of ether oxygens (including phenoxy) is 2. The molecule has 0 saturated heterocycles. The fraction of sp³-hybridized carbons (Fsp3) is 0.350. The lowest BCUT2D eigenvalue weighted by molar-refractivity contribution is 0.0556. The summed E-state index contributed by atoms with van der Waals surface area (Å²) in [6, 6.07) is 14.4. The van der Waals surface area contributed by atoms with Gasteiger partial charge in [-0.15, -0.1) is 0 Å². The number of rotatable bonds is 6. The van der Waals surface area contributed by atoms with E-state index < -0.39 is 11.6 Å². The zero-order valence-electron chi connectivity index (χ0n) is 15.4. The standard InChI is InChI=1S/C20H25ClN2O3/c1-20(2,3)23(10-11-25-18-9-5-7-16(21)13-18)19(24)26-14-15-6-4-8-17(22)12-15/h4-9,12-13H,10-11,14,22H2,1-3H3. The van der Waals surface area contributed by atoms with E-state index in [1.54, 1.807) is 29.2 Å². The number of carbonyl (C=O) groups is 1. The second kappa shape index (κ2) is 8.81. The highest BCUT2D eigenvalue weighted by Crippen LogP contribution is 2.19. The number of anilines is 1. The van der Waals surface area contributed by atoms with Crippen LogP contribution >= 0.6 is 11.6 Å². The molecule has 0 saturated carbocycles. The van der Waals surface area contributed by atoms with Crippen LogP contribution in [0.25, 0.3) is 0 Å². The van der Waals surface area contributed by atoms with Gasteiger partial charge in [-0.2, -0.15) is 0 Å². The van der Waals surface area contributed by atoms with Gasteiger partial charge in [0, 0.05) is 16.2 Å².